The summed E-state index contributed by atoms with van der Waals surface area (Å²) < 4.78 is 7.93. The van der Waals surface area contributed by atoms with Crippen molar-refractivity contribution in [2.24, 2.45) is 0 Å². The van der Waals surface area contributed by atoms with E-state index in [-0.39, 0.29) is 42.9 Å². The molecule has 3 aromatic rings. The van der Waals surface area contributed by atoms with Gasteiger partial charge in [0, 0.05) is 76.2 Å². The van der Waals surface area contributed by atoms with Gasteiger partial charge in [0.1, 0.15) is 17.3 Å². The average molecular weight is 710 g/mol. The summed E-state index contributed by atoms with van der Waals surface area (Å²) in [5, 5.41) is 17.0. The van der Waals surface area contributed by atoms with Crippen LogP contribution in [0.1, 0.15) is 50.2 Å². The van der Waals surface area contributed by atoms with Gasteiger partial charge in [-0.2, -0.15) is 4.98 Å². The zero-order chi connectivity index (χ0) is 35.6. The lowest BCUT2D eigenvalue weighted by Crippen LogP contribution is -2.51. The fourth-order valence-corrected chi connectivity index (χ4v) is 7.30. The van der Waals surface area contributed by atoms with E-state index in [1.54, 1.807) is 7.11 Å². The number of aromatic nitrogens is 3. The van der Waals surface area contributed by atoms with Crippen molar-refractivity contribution in [3.63, 3.8) is 0 Å². The Bertz CT molecular complexity index is 1680. The molecule has 6 N–H and O–H groups in total. The molecule has 0 radical (unpaired) electrons. The number of rotatable bonds is 16. The van der Waals surface area contributed by atoms with Crippen LogP contribution in [-0.4, -0.2) is 117 Å². The number of aliphatic carboxylic acids is 1. The number of anilines is 2. The molecule has 4 heterocycles. The lowest BCUT2D eigenvalue weighted by atomic mass is 10.1. The first-order chi connectivity index (χ1) is 24.1. The van der Waals surface area contributed by atoms with Gasteiger partial charge < -0.3 is 41.0 Å². The normalized spacial score (nSPS) is 18.1. The molecule has 1 unspecified atom stereocenters. The van der Waals surface area contributed by atoms with Crippen LogP contribution >= 0.6 is 11.8 Å². The molecule has 2 fully saturated rings. The first-order valence-corrected chi connectivity index (χ1v) is 18.1. The highest BCUT2D eigenvalue weighted by Crippen LogP contribution is 2.28. The van der Waals surface area contributed by atoms with Crippen molar-refractivity contribution < 1.29 is 29.0 Å². The van der Waals surface area contributed by atoms with E-state index in [1.165, 1.54) is 0 Å². The first kappa shape index (κ1) is 36.7. The van der Waals surface area contributed by atoms with E-state index in [2.05, 4.69) is 60.5 Å². The molecular weight excluding hydrogens is 662 g/mol. The second kappa shape index (κ2) is 17.4. The summed E-state index contributed by atoms with van der Waals surface area (Å²) in [4.78, 5) is 61.4. The SMILES string of the molecule is CCCCCNc1nc(N)nc2ccn(Cc3ccc(CN4CCN(C(=O)CCNC(=O)C[C@H]5SCC(C(=O)O)NC5=O)CC4)cc3OC)c12. The summed E-state index contributed by atoms with van der Waals surface area (Å²) in [5.74, 6) is 0.0471. The van der Waals surface area contributed by atoms with Gasteiger partial charge in [0.05, 0.1) is 24.4 Å². The van der Waals surface area contributed by atoms with Gasteiger partial charge in [0.25, 0.3) is 0 Å². The highest BCUT2D eigenvalue weighted by atomic mass is 32.2. The van der Waals surface area contributed by atoms with Crippen LogP contribution in [0.3, 0.4) is 0 Å². The highest BCUT2D eigenvalue weighted by Gasteiger charge is 2.33. The van der Waals surface area contributed by atoms with Crippen molar-refractivity contribution in [2.45, 2.75) is 63.4 Å². The Morgan fingerprint density at radius 2 is 1.90 bits per heavy atom. The number of methoxy groups -OCH3 is 1. The summed E-state index contributed by atoms with van der Waals surface area (Å²) in [6.45, 7) is 7.09. The molecular formula is C34H47N9O6S. The predicted molar refractivity (Wildman–Crippen MR) is 192 cm³/mol. The molecule has 2 saturated heterocycles. The number of nitrogens with zero attached hydrogens (tertiary/aromatic N) is 5. The van der Waals surface area contributed by atoms with Crippen LogP contribution in [0.15, 0.2) is 30.5 Å². The maximum absolute atomic E-state index is 12.8. The van der Waals surface area contributed by atoms with Crippen LogP contribution in [0.25, 0.3) is 11.0 Å². The zero-order valence-electron chi connectivity index (χ0n) is 28.7. The third-order valence-electron chi connectivity index (χ3n) is 8.93. The Labute approximate surface area is 295 Å². The van der Waals surface area contributed by atoms with Crippen molar-refractivity contribution in [1.82, 2.24) is 35.0 Å². The molecule has 2 aliphatic rings. The van der Waals surface area contributed by atoms with E-state index >= 15 is 0 Å². The standard InChI is InChI=1S/C34H47N9O6S/c1-3-4-5-10-37-31-30-24(39-34(35)40-31)9-12-43(30)20-23-7-6-22(17-26(23)49-2)19-41-13-15-42(16-14-41)29(45)8-11-36-28(44)18-27-32(46)38-25(21-50-27)33(47)48/h6-7,9,12,17,25,27H,3-5,8,10-11,13-16,18-21H2,1-2H3,(H,36,44)(H,38,46)(H,47,48)(H3,35,37,39,40)/t25?,27-/m1/s1. The lowest BCUT2D eigenvalue weighted by molar-refractivity contribution is -0.141. The molecule has 1 aromatic carbocycles. The number of unbranched alkanes of at least 4 members (excludes halogenated alkanes) is 2. The zero-order valence-corrected chi connectivity index (χ0v) is 29.5. The molecule has 50 heavy (non-hydrogen) atoms. The third-order valence-corrected chi connectivity index (χ3v) is 10.2. The van der Waals surface area contributed by atoms with Crippen molar-refractivity contribution in [3.8, 4) is 5.75 Å². The molecule has 2 aliphatic heterocycles. The van der Waals surface area contributed by atoms with Gasteiger partial charge in [0.15, 0.2) is 5.82 Å². The lowest BCUT2D eigenvalue weighted by Gasteiger charge is -2.35. The average Bonchev–Trinajstić information content (AvgIpc) is 3.50. The number of carbonyl (C=O) groups is 4. The monoisotopic (exact) mass is 709 g/mol. The minimum Gasteiger partial charge on any atom is -0.496 e. The molecule has 270 valence electrons. The molecule has 0 spiro atoms. The summed E-state index contributed by atoms with van der Waals surface area (Å²) in [6, 6.07) is 7.28. The Morgan fingerprint density at radius 3 is 2.62 bits per heavy atom. The molecule has 5 rings (SSSR count). The fourth-order valence-electron chi connectivity index (χ4n) is 6.16. The number of amides is 3. The van der Waals surface area contributed by atoms with Crippen LogP contribution in [0, 0.1) is 0 Å². The van der Waals surface area contributed by atoms with Gasteiger partial charge in [-0.05, 0) is 24.1 Å². The maximum atomic E-state index is 12.8. The Kier molecular flexibility index (Phi) is 12.8. The summed E-state index contributed by atoms with van der Waals surface area (Å²) >= 11 is 1.16. The van der Waals surface area contributed by atoms with Crippen LogP contribution in [0.2, 0.25) is 0 Å². The number of carboxylic acid groups (broad SMARTS) is 1. The van der Waals surface area contributed by atoms with E-state index in [0.717, 1.165) is 90.9 Å². The van der Waals surface area contributed by atoms with E-state index < -0.39 is 23.2 Å². The van der Waals surface area contributed by atoms with E-state index in [4.69, 9.17) is 15.6 Å². The third kappa shape index (κ3) is 9.56. The second-order valence-electron chi connectivity index (χ2n) is 12.6. The van der Waals surface area contributed by atoms with Gasteiger partial charge in [-0.15, -0.1) is 11.8 Å². The van der Waals surface area contributed by atoms with Crippen LogP contribution in [0.5, 0.6) is 5.75 Å². The number of thioether (sulfide) groups is 1. The van der Waals surface area contributed by atoms with E-state index in [9.17, 15) is 19.2 Å². The van der Waals surface area contributed by atoms with Gasteiger partial charge in [-0.1, -0.05) is 31.9 Å². The van der Waals surface area contributed by atoms with Gasteiger partial charge in [-0.3, -0.25) is 19.3 Å². The van der Waals surface area contributed by atoms with Crippen molar-refractivity contribution >= 4 is 58.3 Å². The van der Waals surface area contributed by atoms with Crippen LogP contribution in [-0.2, 0) is 32.3 Å². The maximum Gasteiger partial charge on any atom is 0.327 e. The fraction of sp³-hybridized carbons (Fsp3) is 0.529. The van der Waals surface area contributed by atoms with Crippen LogP contribution < -0.4 is 26.4 Å². The molecule has 2 aromatic heterocycles. The number of hydrogen-bond donors (Lipinski definition) is 5. The summed E-state index contributed by atoms with van der Waals surface area (Å²) in [6.07, 6.45) is 5.43. The molecule has 0 saturated carbocycles. The Hall–Kier alpha value is -4.57. The molecule has 3 amide bonds. The van der Waals surface area contributed by atoms with Gasteiger partial charge in [-0.25, -0.2) is 9.78 Å². The predicted octanol–water partition coefficient (Wildman–Crippen LogP) is 1.90. The largest absolute Gasteiger partial charge is 0.496 e. The number of benzene rings is 1. The van der Waals surface area contributed by atoms with E-state index in [1.807, 2.05) is 17.2 Å². The molecule has 0 bridgehead atoms. The number of fused-ring (bicyclic) bond motifs is 1. The number of carboxylic acids is 1. The number of carbonyl (C=O) groups excluding carboxylic acids is 3. The van der Waals surface area contributed by atoms with Crippen molar-refractivity contribution in [2.75, 3.05) is 63.2 Å². The minimum atomic E-state index is -1.09. The number of hydrogen-bond acceptors (Lipinski definition) is 11. The quantitative estimate of drug-likeness (QED) is 0.136. The van der Waals surface area contributed by atoms with Crippen molar-refractivity contribution in [3.05, 3.63) is 41.6 Å². The van der Waals surface area contributed by atoms with E-state index in [0.29, 0.717) is 19.6 Å². The number of nitrogens with one attached hydrogen (secondary N) is 3. The number of nitrogen functional groups attached to an aromatic ring is 1. The van der Waals surface area contributed by atoms with Gasteiger partial charge >= 0.3 is 5.97 Å². The summed E-state index contributed by atoms with van der Waals surface area (Å²) in [5.41, 5.74) is 9.83. The highest BCUT2D eigenvalue weighted by molar-refractivity contribution is 8.00. The molecule has 2 atom stereocenters. The molecule has 16 heteroatoms. The first-order valence-electron chi connectivity index (χ1n) is 17.1. The Balaban J connectivity index is 1.08. The number of ether oxygens (including phenoxy) is 1. The number of nitrogens with two attached hydrogens (primary N) is 1. The Morgan fingerprint density at radius 1 is 1.10 bits per heavy atom. The van der Waals surface area contributed by atoms with Gasteiger partial charge in [0.2, 0.25) is 23.7 Å². The molecule has 15 nitrogen and oxygen atoms in total. The number of piperazine rings is 1. The van der Waals surface area contributed by atoms with Crippen molar-refractivity contribution in [1.29, 1.82) is 0 Å². The second-order valence-corrected chi connectivity index (χ2v) is 13.8. The summed E-state index contributed by atoms with van der Waals surface area (Å²) in [7, 11) is 1.68. The minimum absolute atomic E-state index is 0.0324. The molecule has 0 aliphatic carbocycles. The topological polar surface area (TPSA) is 197 Å². The van der Waals surface area contributed by atoms with Crippen LogP contribution in [0.4, 0.5) is 11.8 Å². The smallest absolute Gasteiger partial charge is 0.327 e.